The van der Waals surface area contributed by atoms with Gasteiger partial charge in [-0.05, 0) is 31.4 Å². The van der Waals surface area contributed by atoms with Gasteiger partial charge in [0.05, 0.1) is 5.69 Å². The van der Waals surface area contributed by atoms with Gasteiger partial charge < -0.3 is 15.4 Å². The van der Waals surface area contributed by atoms with Crippen molar-refractivity contribution < 1.29 is 9.90 Å². The molecule has 0 aliphatic rings. The van der Waals surface area contributed by atoms with E-state index in [0.29, 0.717) is 24.2 Å². The molecule has 2 aromatic rings. The van der Waals surface area contributed by atoms with E-state index >= 15 is 0 Å². The smallest absolute Gasteiger partial charge is 0.325 e. The standard InChI is InChI=1S/C14H17N3O3/c18-12(10-6-2-1-3-7-10)15-9-5-4-8-11-13(19)17-14(20)16-11/h1-3,6-7,19H,4-5,8-9H2,(H,15,18)(H2,16,17,20). The van der Waals surface area contributed by atoms with Gasteiger partial charge in [-0.2, -0.15) is 0 Å². The number of aryl methyl sites for hydroxylation is 1. The molecule has 2 rings (SSSR count). The maximum Gasteiger partial charge on any atom is 0.325 e. The second kappa shape index (κ2) is 6.60. The largest absolute Gasteiger partial charge is 0.493 e. The van der Waals surface area contributed by atoms with Gasteiger partial charge in [0, 0.05) is 12.1 Å². The van der Waals surface area contributed by atoms with E-state index in [1.807, 2.05) is 18.2 Å². The first-order valence-corrected chi connectivity index (χ1v) is 6.50. The van der Waals surface area contributed by atoms with Crippen molar-refractivity contribution in [1.82, 2.24) is 15.3 Å². The first kappa shape index (κ1) is 13.9. The molecule has 20 heavy (non-hydrogen) atoms. The first-order chi connectivity index (χ1) is 9.66. The number of carbonyl (C=O) groups is 1. The van der Waals surface area contributed by atoms with Gasteiger partial charge in [-0.15, -0.1) is 0 Å². The van der Waals surface area contributed by atoms with Crippen molar-refractivity contribution in [2.24, 2.45) is 0 Å². The zero-order chi connectivity index (χ0) is 14.4. The molecule has 0 saturated carbocycles. The number of rotatable bonds is 6. The van der Waals surface area contributed by atoms with Crippen molar-refractivity contribution in [3.8, 4) is 5.88 Å². The average Bonchev–Trinajstić information content (AvgIpc) is 2.77. The SMILES string of the molecule is O=C(NCCCCc1[nH]c(=O)[nH]c1O)c1ccccc1. The molecule has 0 unspecified atom stereocenters. The number of aromatic nitrogens is 2. The number of imidazole rings is 1. The molecule has 0 atom stereocenters. The minimum absolute atomic E-state index is 0.0940. The Balaban J connectivity index is 1.68. The van der Waals surface area contributed by atoms with Crippen LogP contribution in [0, 0.1) is 0 Å². The van der Waals surface area contributed by atoms with Crippen molar-refractivity contribution in [3.63, 3.8) is 0 Å². The molecule has 1 aromatic carbocycles. The van der Waals surface area contributed by atoms with Crippen LogP contribution in [0.1, 0.15) is 28.9 Å². The van der Waals surface area contributed by atoms with Crippen molar-refractivity contribution in [3.05, 3.63) is 52.1 Å². The Kier molecular flexibility index (Phi) is 4.60. The minimum atomic E-state index is -0.408. The van der Waals surface area contributed by atoms with Gasteiger partial charge in [-0.1, -0.05) is 18.2 Å². The lowest BCUT2D eigenvalue weighted by molar-refractivity contribution is 0.0953. The number of unbranched alkanes of at least 4 members (excludes halogenated alkanes) is 1. The molecule has 0 spiro atoms. The predicted octanol–water partition coefficient (Wildman–Crippen LogP) is 1.16. The Bertz CT molecular complexity index is 616. The lowest BCUT2D eigenvalue weighted by Gasteiger charge is -2.04. The highest BCUT2D eigenvalue weighted by atomic mass is 16.3. The molecule has 6 nitrogen and oxygen atoms in total. The molecule has 6 heteroatoms. The van der Waals surface area contributed by atoms with E-state index in [2.05, 4.69) is 15.3 Å². The van der Waals surface area contributed by atoms with Crippen LogP contribution in [-0.4, -0.2) is 27.5 Å². The van der Waals surface area contributed by atoms with E-state index in [0.717, 1.165) is 12.8 Å². The molecule has 0 aliphatic heterocycles. The highest BCUT2D eigenvalue weighted by Gasteiger charge is 2.06. The fourth-order valence-electron chi connectivity index (χ4n) is 1.91. The third kappa shape index (κ3) is 3.74. The highest BCUT2D eigenvalue weighted by Crippen LogP contribution is 2.10. The molecule has 4 N–H and O–H groups in total. The van der Waals surface area contributed by atoms with Gasteiger partial charge in [0.25, 0.3) is 5.91 Å². The number of nitrogens with one attached hydrogen (secondary N) is 3. The van der Waals surface area contributed by atoms with Gasteiger partial charge in [0.1, 0.15) is 0 Å². The summed E-state index contributed by atoms with van der Waals surface area (Å²) in [5, 5.41) is 12.2. The van der Waals surface area contributed by atoms with E-state index in [1.165, 1.54) is 0 Å². The van der Waals surface area contributed by atoms with E-state index in [4.69, 9.17) is 0 Å². The van der Waals surface area contributed by atoms with Crippen LogP contribution in [0.25, 0.3) is 0 Å². The minimum Gasteiger partial charge on any atom is -0.493 e. The number of carbonyl (C=O) groups excluding carboxylic acids is 1. The second-order valence-corrected chi connectivity index (χ2v) is 4.49. The molecule has 1 heterocycles. The van der Waals surface area contributed by atoms with Crippen molar-refractivity contribution in [1.29, 1.82) is 0 Å². The van der Waals surface area contributed by atoms with Crippen LogP contribution in [0.5, 0.6) is 5.88 Å². The molecule has 0 aliphatic carbocycles. The van der Waals surface area contributed by atoms with Gasteiger partial charge in [0.15, 0.2) is 0 Å². The third-order valence-electron chi connectivity index (χ3n) is 2.96. The lowest BCUT2D eigenvalue weighted by atomic mass is 10.2. The number of amides is 1. The molecule has 106 valence electrons. The summed E-state index contributed by atoms with van der Waals surface area (Å²) in [6.07, 6.45) is 2.09. The summed E-state index contributed by atoms with van der Waals surface area (Å²) in [6, 6.07) is 9.02. The van der Waals surface area contributed by atoms with Crippen LogP contribution in [0.4, 0.5) is 0 Å². The fraction of sp³-hybridized carbons (Fsp3) is 0.286. The number of aromatic amines is 2. The van der Waals surface area contributed by atoms with Crippen molar-refractivity contribution in [2.45, 2.75) is 19.3 Å². The van der Waals surface area contributed by atoms with Gasteiger partial charge in [-0.3, -0.25) is 9.78 Å². The summed E-state index contributed by atoms with van der Waals surface area (Å²) in [5.74, 6) is -0.202. The molecule has 0 radical (unpaired) electrons. The normalized spacial score (nSPS) is 10.4. The molecule has 1 aromatic heterocycles. The molecular formula is C14H17N3O3. The molecular weight excluding hydrogens is 258 g/mol. The molecule has 0 fully saturated rings. The highest BCUT2D eigenvalue weighted by molar-refractivity contribution is 5.94. The maximum absolute atomic E-state index is 11.7. The fourth-order valence-corrected chi connectivity index (χ4v) is 1.91. The quantitative estimate of drug-likeness (QED) is 0.595. The molecule has 0 bridgehead atoms. The summed E-state index contributed by atoms with van der Waals surface area (Å²) in [6.45, 7) is 0.559. The zero-order valence-electron chi connectivity index (χ0n) is 11.0. The topological polar surface area (TPSA) is 98.0 Å². The monoisotopic (exact) mass is 275 g/mol. The number of hydrogen-bond donors (Lipinski definition) is 4. The summed E-state index contributed by atoms with van der Waals surface area (Å²) >= 11 is 0. The van der Waals surface area contributed by atoms with E-state index in [-0.39, 0.29) is 11.8 Å². The van der Waals surface area contributed by atoms with Gasteiger partial charge in [-0.25, -0.2) is 4.79 Å². The van der Waals surface area contributed by atoms with Gasteiger partial charge >= 0.3 is 5.69 Å². The number of hydrogen-bond acceptors (Lipinski definition) is 3. The zero-order valence-corrected chi connectivity index (χ0v) is 11.0. The van der Waals surface area contributed by atoms with E-state index in [9.17, 15) is 14.7 Å². The Morgan fingerprint density at radius 1 is 1.15 bits per heavy atom. The van der Waals surface area contributed by atoms with Crippen LogP contribution in [0.2, 0.25) is 0 Å². The average molecular weight is 275 g/mol. The summed E-state index contributed by atoms with van der Waals surface area (Å²) in [7, 11) is 0. The van der Waals surface area contributed by atoms with E-state index < -0.39 is 5.69 Å². The summed E-state index contributed by atoms with van der Waals surface area (Å²) in [5.41, 5.74) is 0.736. The Morgan fingerprint density at radius 2 is 1.90 bits per heavy atom. The lowest BCUT2D eigenvalue weighted by Crippen LogP contribution is -2.24. The second-order valence-electron chi connectivity index (χ2n) is 4.49. The van der Waals surface area contributed by atoms with Crippen LogP contribution in [0.3, 0.4) is 0 Å². The Morgan fingerprint density at radius 3 is 2.55 bits per heavy atom. The predicted molar refractivity (Wildman–Crippen MR) is 74.8 cm³/mol. The number of H-pyrrole nitrogens is 2. The van der Waals surface area contributed by atoms with Gasteiger partial charge in [0.2, 0.25) is 5.88 Å². The first-order valence-electron chi connectivity index (χ1n) is 6.50. The van der Waals surface area contributed by atoms with Crippen molar-refractivity contribution in [2.75, 3.05) is 6.54 Å². The van der Waals surface area contributed by atoms with Crippen LogP contribution in [0.15, 0.2) is 35.1 Å². The van der Waals surface area contributed by atoms with Crippen molar-refractivity contribution >= 4 is 5.91 Å². The van der Waals surface area contributed by atoms with Crippen LogP contribution < -0.4 is 11.0 Å². The number of benzene rings is 1. The van der Waals surface area contributed by atoms with Crippen LogP contribution in [-0.2, 0) is 6.42 Å². The third-order valence-corrected chi connectivity index (χ3v) is 2.96. The molecule has 1 amide bonds. The summed E-state index contributed by atoms with van der Waals surface area (Å²) < 4.78 is 0. The molecule has 0 saturated heterocycles. The Hall–Kier alpha value is -2.50. The van der Waals surface area contributed by atoms with E-state index in [1.54, 1.807) is 12.1 Å². The van der Waals surface area contributed by atoms with Crippen LogP contribution >= 0.6 is 0 Å². The Labute approximate surface area is 115 Å². The summed E-state index contributed by atoms with van der Waals surface area (Å²) in [4.78, 5) is 27.4. The maximum atomic E-state index is 11.7. The number of aromatic hydroxyl groups is 1.